The number of hydrogen-bond donors (Lipinski definition) is 0. The molecule has 0 saturated heterocycles. The average molecular weight is 1220 g/mol. The van der Waals surface area contributed by atoms with Crippen LogP contribution in [0.1, 0.15) is 224 Å². The van der Waals surface area contributed by atoms with Crippen LogP contribution in [0.15, 0.2) is 125 Å². The molecule has 0 spiro atoms. The number of aliphatic imine (C=N–C) groups is 4. The largest absolute Gasteiger partial charge is 0.285 e. The summed E-state index contributed by atoms with van der Waals surface area (Å²) in [5, 5.41) is 16.1. The van der Waals surface area contributed by atoms with Crippen LogP contribution in [0, 0.1) is 16.2 Å². The van der Waals surface area contributed by atoms with E-state index in [1.54, 1.807) is 40.3 Å². The van der Waals surface area contributed by atoms with Gasteiger partial charge in [0.25, 0.3) is 0 Å². The zero-order valence-electron chi connectivity index (χ0n) is 55.1. The van der Waals surface area contributed by atoms with Crippen molar-refractivity contribution in [1.82, 2.24) is 19.3 Å². The van der Waals surface area contributed by atoms with Gasteiger partial charge in [-0.1, -0.05) is 211 Å². The van der Waals surface area contributed by atoms with E-state index in [-0.39, 0.29) is 32.5 Å². The molecule has 450 valence electrons. The smallest absolute Gasteiger partial charge is 0.129 e. The molecule has 0 aromatic carbocycles. The standard InChI is InChI=1S/2C8H13N.3C8H12S.C7H12N2.2C7H11NS.C6H10N2S/c2*1-8(2,3)7-5-4-6-9-7;1-8(2,3)7-4-5-9-6-7;2*1-8(2,3)7-5-4-6-9-7;3*1-7(2,3)6-8-4-5-9-6;1-6(2,3)5-7-4-8-9-5/h5-6H,4H2,1-3H3;4-5H,6H2,1-3H3;3*4-6H,1-3H3;4H,5H2,1-3H3;2*4-5H,1-3H3;4H,1-3H3. The van der Waals surface area contributed by atoms with Crippen LogP contribution in [0.25, 0.3) is 0 Å². The maximum absolute atomic E-state index is 4.31. The highest BCUT2D eigenvalue weighted by atomic mass is 32.1. The molecule has 0 fully saturated rings. The summed E-state index contributed by atoms with van der Waals surface area (Å²) in [5.41, 5.74) is 6.15. The zero-order chi connectivity index (χ0) is 62.2. The number of hydrogen-bond acceptors (Lipinski definition) is 14. The summed E-state index contributed by atoms with van der Waals surface area (Å²) < 4.78 is 3.92. The molecule has 3 aliphatic heterocycles. The molecule has 0 atom stereocenters. The van der Waals surface area contributed by atoms with E-state index in [0.29, 0.717) is 16.2 Å². The molecule has 0 saturated carbocycles. The maximum atomic E-state index is 4.31. The highest BCUT2D eigenvalue weighted by molar-refractivity contribution is 7.10. The lowest BCUT2D eigenvalue weighted by Gasteiger charge is -2.16. The molecule has 0 unspecified atom stereocenters. The van der Waals surface area contributed by atoms with Gasteiger partial charge in [0, 0.05) is 95.7 Å². The minimum Gasteiger partial charge on any atom is -0.285 e. The SMILES string of the molecule is CC(C)(C)C1=CCC=N1.CC(C)(C)C1=NCC=C1.CC(C)(C)C1=NCC=N1.CC(C)(C)c1cccs1.CC(C)(C)c1cccs1.CC(C)(C)c1ccsc1.CC(C)(C)c1nccs1.CC(C)(C)c1nccs1.CC(C)(C)c1ncns1. The van der Waals surface area contributed by atoms with Crippen LogP contribution in [0.4, 0.5) is 0 Å². The van der Waals surface area contributed by atoms with Crippen LogP contribution in [0.3, 0.4) is 0 Å². The Morgan fingerprint density at radius 2 is 0.926 bits per heavy atom. The van der Waals surface area contributed by atoms with Gasteiger partial charge in [-0.3, -0.25) is 15.0 Å². The van der Waals surface area contributed by atoms with Crippen molar-refractivity contribution >= 4 is 92.2 Å². The van der Waals surface area contributed by atoms with Gasteiger partial charge < -0.3 is 0 Å². The highest BCUT2D eigenvalue weighted by Crippen LogP contribution is 2.30. The summed E-state index contributed by atoms with van der Waals surface area (Å²) in [6, 6.07) is 10.8. The van der Waals surface area contributed by atoms with Crippen LogP contribution in [-0.2, 0) is 32.5 Å². The Morgan fingerprint density at radius 3 is 1.10 bits per heavy atom. The Morgan fingerprint density at radius 1 is 0.420 bits per heavy atom. The lowest BCUT2D eigenvalue weighted by molar-refractivity contribution is 0.500. The number of nitrogens with zero attached hydrogens (tertiary/aromatic N) is 8. The fourth-order valence-electron chi connectivity index (χ4n) is 6.24. The van der Waals surface area contributed by atoms with Crippen molar-refractivity contribution < 1.29 is 0 Å². The van der Waals surface area contributed by atoms with E-state index in [1.165, 1.54) is 48.3 Å². The Hall–Kier alpha value is -3.92. The molecule has 6 aromatic rings. The predicted octanol–water partition coefficient (Wildman–Crippen LogP) is 21.8. The van der Waals surface area contributed by atoms with E-state index in [1.807, 2.05) is 58.3 Å². The van der Waals surface area contributed by atoms with Crippen molar-refractivity contribution in [3.8, 4) is 0 Å². The van der Waals surface area contributed by atoms with Crippen molar-refractivity contribution in [1.29, 1.82) is 0 Å². The van der Waals surface area contributed by atoms with E-state index in [0.717, 1.165) is 30.4 Å². The maximum Gasteiger partial charge on any atom is 0.129 e. The monoisotopic (exact) mass is 1210 g/mol. The molecular formula is C67H106N8S6. The van der Waals surface area contributed by atoms with Crippen molar-refractivity contribution in [2.75, 3.05) is 13.1 Å². The van der Waals surface area contributed by atoms with Crippen LogP contribution in [0.5, 0.6) is 0 Å². The van der Waals surface area contributed by atoms with E-state index in [2.05, 4.69) is 296 Å². The molecular weight excluding hydrogens is 1110 g/mol. The van der Waals surface area contributed by atoms with Crippen LogP contribution < -0.4 is 0 Å². The fourth-order valence-corrected chi connectivity index (χ4v) is 10.8. The fraction of sp³-hybridized carbons (Fsp3) is 0.582. The first kappa shape index (κ1) is 75.1. The summed E-state index contributed by atoms with van der Waals surface area (Å²) in [4.78, 5) is 32.3. The normalized spacial score (nSPS) is 14.0. The van der Waals surface area contributed by atoms with Crippen molar-refractivity contribution in [2.45, 2.75) is 226 Å². The van der Waals surface area contributed by atoms with Gasteiger partial charge in [0.15, 0.2) is 0 Å². The van der Waals surface area contributed by atoms with Crippen molar-refractivity contribution in [2.24, 2.45) is 36.2 Å². The molecule has 81 heavy (non-hydrogen) atoms. The van der Waals surface area contributed by atoms with Gasteiger partial charge in [-0.15, -0.1) is 45.3 Å². The summed E-state index contributed by atoms with van der Waals surface area (Å²) in [6.45, 7) is 60.6. The molecule has 9 rings (SSSR count). The number of thiazole rings is 2. The summed E-state index contributed by atoms with van der Waals surface area (Å²) in [7, 11) is 0. The number of amidine groups is 1. The first-order valence-electron chi connectivity index (χ1n) is 28.1. The second kappa shape index (κ2) is 33.5. The molecule has 0 radical (unpaired) electrons. The van der Waals surface area contributed by atoms with E-state index in [9.17, 15) is 0 Å². The second-order valence-electron chi connectivity index (χ2n) is 28.9. The van der Waals surface area contributed by atoms with Gasteiger partial charge in [0.1, 0.15) is 17.2 Å². The van der Waals surface area contributed by atoms with Gasteiger partial charge in [-0.25, -0.2) is 19.9 Å². The quantitative estimate of drug-likeness (QED) is 0.151. The van der Waals surface area contributed by atoms with Crippen LogP contribution in [-0.4, -0.2) is 56.4 Å². The molecule has 0 bridgehead atoms. The minimum absolute atomic E-state index is 0.132. The van der Waals surface area contributed by atoms with E-state index < -0.39 is 0 Å². The first-order valence-corrected chi connectivity index (χ1v) is 33.4. The van der Waals surface area contributed by atoms with Gasteiger partial charge in [0.05, 0.1) is 23.1 Å². The van der Waals surface area contributed by atoms with Gasteiger partial charge >= 0.3 is 0 Å². The van der Waals surface area contributed by atoms with Crippen molar-refractivity contribution in [3.05, 3.63) is 136 Å². The second-order valence-corrected chi connectivity index (χ2v) is 34.1. The van der Waals surface area contributed by atoms with Gasteiger partial charge in [-0.05, 0) is 79.1 Å². The Kier molecular flexibility index (Phi) is 31.1. The summed E-state index contributed by atoms with van der Waals surface area (Å²) in [6.07, 6.45) is 16.5. The summed E-state index contributed by atoms with van der Waals surface area (Å²) in [5.74, 6) is 0.975. The number of aromatic nitrogens is 4. The molecule has 3 aliphatic rings. The van der Waals surface area contributed by atoms with Gasteiger partial charge in [-0.2, -0.15) is 15.7 Å². The van der Waals surface area contributed by atoms with Crippen LogP contribution in [0.2, 0.25) is 0 Å². The molecule has 6 aromatic heterocycles. The first-order chi connectivity index (χ1) is 36.9. The zero-order valence-corrected chi connectivity index (χ0v) is 60.0. The number of thiophene rings is 3. The Balaban J connectivity index is 0.000000456. The number of allylic oxidation sites excluding steroid dienone is 3. The highest BCUT2D eigenvalue weighted by Gasteiger charge is 2.21. The molecule has 14 heteroatoms. The molecule has 0 amide bonds. The molecule has 0 N–H and O–H groups in total. The minimum atomic E-state index is 0.132. The Bertz CT molecular complexity index is 2290. The van der Waals surface area contributed by atoms with Crippen molar-refractivity contribution in [3.63, 3.8) is 0 Å². The third-order valence-electron chi connectivity index (χ3n) is 11.1. The predicted molar refractivity (Wildman–Crippen MR) is 371 cm³/mol. The average Bonchev–Trinajstić information content (AvgIpc) is 4.21. The lowest BCUT2D eigenvalue weighted by Crippen LogP contribution is -2.16. The molecule has 9 heterocycles. The van der Waals surface area contributed by atoms with E-state index >= 15 is 0 Å². The van der Waals surface area contributed by atoms with Gasteiger partial charge in [0.2, 0.25) is 0 Å². The topological polar surface area (TPSA) is 101 Å². The number of rotatable bonds is 0. The molecule has 0 aliphatic carbocycles. The lowest BCUT2D eigenvalue weighted by atomic mass is 9.90. The third kappa shape index (κ3) is 32.7. The molecule has 8 nitrogen and oxygen atoms in total. The summed E-state index contributed by atoms with van der Waals surface area (Å²) >= 11 is 10.3. The van der Waals surface area contributed by atoms with Crippen LogP contribution >= 0.6 is 68.2 Å². The van der Waals surface area contributed by atoms with E-state index in [4.69, 9.17) is 0 Å². The third-order valence-corrected chi connectivity index (χ3v) is 17.9. The Labute approximate surface area is 518 Å².